The van der Waals surface area contributed by atoms with Crippen LogP contribution in [0.1, 0.15) is 38.6 Å². The predicted molar refractivity (Wildman–Crippen MR) is 198 cm³/mol. The SMILES string of the molecule is C=CCCC(=O)N[C@@H](CCOCC)C(=O)O[C@@H]([C@@H](O)n1cnc2c(N)ncnc21)[C@@H](COP(=O)(O)O[C@@H]([C@@H](O)n1ccc(N)nc1=O)[C@@H](COP(=O)(O)O)OC)OC. The minimum absolute atomic E-state index is 0.00265. The molecule has 58 heavy (non-hydrogen) atoms. The number of carbonyl (C=O) groups excluding carboxylic acids is 2. The third kappa shape index (κ3) is 13.9. The number of nitrogen functional groups attached to an aromatic ring is 2. The molecule has 0 radical (unpaired) electrons. The van der Waals surface area contributed by atoms with Crippen LogP contribution in [-0.2, 0) is 51.2 Å². The van der Waals surface area contributed by atoms with Crippen LogP contribution in [0.4, 0.5) is 11.6 Å². The van der Waals surface area contributed by atoms with Crippen LogP contribution in [0, 0.1) is 0 Å². The lowest BCUT2D eigenvalue weighted by molar-refractivity contribution is -0.180. The third-order valence-electron chi connectivity index (χ3n) is 8.00. The second-order valence-corrected chi connectivity index (χ2v) is 14.6. The highest BCUT2D eigenvalue weighted by atomic mass is 31.2. The standard InChI is InChI=1S/C30H47N9O17P2/c1-5-7-8-21(40)36-17(10-12-52-6-2)29(43)55-23(27(41)39-16-35-22-25(32)33-15-34-26(22)39)18(50-3)14-54-58(48,49)56-24(19(51-4)13-53-57(45,46)47)28(42)38-11-9-20(31)37-30(38)44/h5,9,11,15-19,23-24,27-28,41-42H,1,6-8,10,12-14H2,2-4H3,(H,36,40)(H,48,49)(H2,31,37,44)(H2,32,33,34)(H2,45,46,47)/t17-,18+,19+,23+,24+,27+,28+/m0/s1. The average Bonchev–Trinajstić information content (AvgIpc) is 3.60. The van der Waals surface area contributed by atoms with E-state index in [4.69, 9.17) is 39.5 Å². The fraction of sp³-hybridized carbons (Fsp3) is 0.567. The summed E-state index contributed by atoms with van der Waals surface area (Å²) in [5, 5.41) is 25.4. The smallest absolute Gasteiger partial charge is 0.453 e. The zero-order chi connectivity index (χ0) is 43.2. The van der Waals surface area contributed by atoms with Crippen LogP contribution >= 0.6 is 15.6 Å². The molecule has 8 atom stereocenters. The van der Waals surface area contributed by atoms with Crippen LogP contribution in [0.5, 0.6) is 0 Å². The molecule has 28 heteroatoms. The predicted octanol–water partition coefficient (Wildman–Crippen LogP) is -1.34. The fourth-order valence-electron chi connectivity index (χ4n) is 5.08. The van der Waals surface area contributed by atoms with Crippen LogP contribution < -0.4 is 22.5 Å². The number of nitrogens with zero attached hydrogens (tertiary/aromatic N) is 6. The number of anilines is 2. The van der Waals surface area contributed by atoms with Crippen molar-refractivity contribution in [3.63, 3.8) is 0 Å². The van der Waals surface area contributed by atoms with Gasteiger partial charge in [0.05, 0.1) is 19.5 Å². The first-order valence-electron chi connectivity index (χ1n) is 17.1. The number of aliphatic hydroxyl groups excluding tert-OH is 2. The zero-order valence-corrected chi connectivity index (χ0v) is 33.2. The molecule has 0 aromatic carbocycles. The Morgan fingerprint density at radius 2 is 1.66 bits per heavy atom. The number of nitrogens with one attached hydrogen (secondary N) is 1. The topological polar surface area (TPSA) is 377 Å². The summed E-state index contributed by atoms with van der Waals surface area (Å²) < 4.78 is 63.0. The first-order chi connectivity index (χ1) is 27.4. The molecule has 0 aliphatic carbocycles. The van der Waals surface area contributed by atoms with Crippen molar-refractivity contribution in [3.05, 3.63) is 48.1 Å². The molecule has 0 saturated heterocycles. The minimum Gasteiger partial charge on any atom is -0.453 e. The Morgan fingerprint density at radius 1 is 1.00 bits per heavy atom. The molecule has 3 aromatic rings. The summed E-state index contributed by atoms with van der Waals surface area (Å²) in [5.74, 6) is -1.96. The van der Waals surface area contributed by atoms with Gasteiger partial charge in [-0.15, -0.1) is 6.58 Å². The normalized spacial score (nSPS) is 16.7. The molecule has 0 aliphatic heterocycles. The number of aliphatic hydroxyl groups is 2. The Balaban J connectivity index is 1.99. The number of hydrogen-bond acceptors (Lipinski definition) is 20. The second kappa shape index (κ2) is 22.2. The van der Waals surface area contributed by atoms with E-state index < -0.39 is 89.3 Å². The molecule has 1 amide bonds. The maximum atomic E-state index is 13.7. The van der Waals surface area contributed by atoms with Gasteiger partial charge in [-0.05, 0) is 19.4 Å². The van der Waals surface area contributed by atoms with Crippen LogP contribution in [0.2, 0.25) is 0 Å². The van der Waals surface area contributed by atoms with Gasteiger partial charge in [-0.25, -0.2) is 33.7 Å². The maximum Gasteiger partial charge on any atom is 0.472 e. The Kier molecular flexibility index (Phi) is 18.4. The zero-order valence-electron chi connectivity index (χ0n) is 31.5. The van der Waals surface area contributed by atoms with Crippen LogP contribution in [-0.4, -0.2) is 137 Å². The van der Waals surface area contributed by atoms with Crippen molar-refractivity contribution in [1.29, 1.82) is 0 Å². The van der Waals surface area contributed by atoms with Crippen LogP contribution in [0.3, 0.4) is 0 Å². The van der Waals surface area contributed by atoms with Crippen molar-refractivity contribution in [2.45, 2.75) is 69.1 Å². The number of esters is 1. The van der Waals surface area contributed by atoms with Gasteiger partial charge in [-0.3, -0.25) is 27.5 Å². The number of fused-ring (bicyclic) bond motifs is 1. The highest BCUT2D eigenvalue weighted by Gasteiger charge is 2.42. The number of hydrogen-bond donors (Lipinski definition) is 8. The molecular weight excluding hydrogens is 820 g/mol. The number of imidazole rings is 1. The number of amides is 1. The number of aromatic nitrogens is 6. The van der Waals surface area contributed by atoms with Gasteiger partial charge < -0.3 is 60.6 Å². The van der Waals surface area contributed by atoms with E-state index in [1.165, 1.54) is 6.08 Å². The number of carbonyl (C=O) groups is 2. The van der Waals surface area contributed by atoms with Gasteiger partial charge in [0.25, 0.3) is 0 Å². The number of allylic oxidation sites excluding steroid dienone is 1. The Bertz CT molecular complexity index is 1980. The van der Waals surface area contributed by atoms with E-state index in [1.807, 2.05) is 0 Å². The number of phosphoric acid groups is 2. The lowest BCUT2D eigenvalue weighted by atomic mass is 10.1. The van der Waals surface area contributed by atoms with Gasteiger partial charge in [0, 0.05) is 46.5 Å². The molecule has 3 aromatic heterocycles. The van der Waals surface area contributed by atoms with Gasteiger partial charge in [-0.2, -0.15) is 4.98 Å². The van der Waals surface area contributed by atoms with E-state index in [0.29, 0.717) is 11.0 Å². The summed E-state index contributed by atoms with van der Waals surface area (Å²) in [7, 11) is -8.67. The second-order valence-electron chi connectivity index (χ2n) is 12.0. The summed E-state index contributed by atoms with van der Waals surface area (Å²) in [5.41, 5.74) is 10.3. The summed E-state index contributed by atoms with van der Waals surface area (Å²) in [6.45, 7) is 3.46. The molecule has 1 unspecified atom stereocenters. The first-order valence-corrected chi connectivity index (χ1v) is 20.1. The molecule has 10 N–H and O–H groups in total. The van der Waals surface area contributed by atoms with Gasteiger partial charge in [0.2, 0.25) is 5.91 Å². The lowest BCUT2D eigenvalue weighted by Gasteiger charge is -2.33. The van der Waals surface area contributed by atoms with E-state index in [9.17, 15) is 48.4 Å². The number of nitrogens with two attached hydrogens (primary N) is 2. The van der Waals surface area contributed by atoms with E-state index in [1.54, 1.807) is 6.92 Å². The van der Waals surface area contributed by atoms with Crippen molar-refractivity contribution in [2.24, 2.45) is 0 Å². The molecule has 0 bridgehead atoms. The molecule has 0 saturated carbocycles. The van der Waals surface area contributed by atoms with Crippen molar-refractivity contribution in [3.8, 4) is 0 Å². The van der Waals surface area contributed by atoms with E-state index in [2.05, 4.69) is 36.4 Å². The summed E-state index contributed by atoms with van der Waals surface area (Å²) in [6.07, 6.45) is -6.93. The van der Waals surface area contributed by atoms with E-state index in [-0.39, 0.29) is 48.9 Å². The van der Waals surface area contributed by atoms with Crippen molar-refractivity contribution >= 4 is 50.3 Å². The fourth-order valence-corrected chi connectivity index (χ4v) is 6.37. The number of ether oxygens (including phenoxy) is 4. The molecule has 0 fully saturated rings. The van der Waals surface area contributed by atoms with Gasteiger partial charge in [0.1, 0.15) is 42.0 Å². The first kappa shape index (κ1) is 48.1. The van der Waals surface area contributed by atoms with Gasteiger partial charge in [-0.1, -0.05) is 6.08 Å². The molecule has 26 nitrogen and oxygen atoms in total. The van der Waals surface area contributed by atoms with E-state index >= 15 is 0 Å². The van der Waals surface area contributed by atoms with Crippen molar-refractivity contribution in [1.82, 2.24) is 34.4 Å². The van der Waals surface area contributed by atoms with Crippen molar-refractivity contribution in [2.75, 3.05) is 52.1 Å². The Morgan fingerprint density at radius 3 is 2.28 bits per heavy atom. The molecule has 3 rings (SSSR count). The monoisotopic (exact) mass is 867 g/mol. The molecular formula is C30H47N9O17P2. The summed E-state index contributed by atoms with van der Waals surface area (Å²) >= 11 is 0. The Labute approximate surface area is 329 Å². The quantitative estimate of drug-likeness (QED) is 0.0200. The van der Waals surface area contributed by atoms with Gasteiger partial charge in [0.15, 0.2) is 30.0 Å². The largest absolute Gasteiger partial charge is 0.472 e. The van der Waals surface area contributed by atoms with Crippen LogP contribution in [0.15, 0.2) is 42.4 Å². The number of methoxy groups -OCH3 is 2. The minimum atomic E-state index is -5.51. The third-order valence-corrected chi connectivity index (χ3v) is 9.47. The molecule has 0 aliphatic rings. The van der Waals surface area contributed by atoms with Gasteiger partial charge >= 0.3 is 27.3 Å². The van der Waals surface area contributed by atoms with Crippen LogP contribution in [0.25, 0.3) is 11.2 Å². The molecule has 324 valence electrons. The number of rotatable bonds is 26. The average molecular weight is 868 g/mol. The number of phosphoric ester groups is 2. The molecule has 0 spiro atoms. The lowest BCUT2D eigenvalue weighted by Crippen LogP contribution is -2.48. The van der Waals surface area contributed by atoms with Crippen molar-refractivity contribution < 1.29 is 76.1 Å². The van der Waals surface area contributed by atoms with E-state index in [0.717, 1.165) is 43.7 Å². The Hall–Kier alpha value is -4.27. The summed E-state index contributed by atoms with van der Waals surface area (Å²) in [4.78, 5) is 83.8. The maximum absolute atomic E-state index is 13.7. The highest BCUT2D eigenvalue weighted by molar-refractivity contribution is 7.47. The highest BCUT2D eigenvalue weighted by Crippen LogP contribution is 2.47. The summed E-state index contributed by atoms with van der Waals surface area (Å²) in [6, 6.07) is -0.255. The molecule has 3 heterocycles.